The summed E-state index contributed by atoms with van der Waals surface area (Å²) in [4.78, 5) is 1.98. The number of halogens is 2. The minimum absolute atomic E-state index is 0.0550. The van der Waals surface area contributed by atoms with Gasteiger partial charge in [-0.05, 0) is 12.5 Å². The third-order valence-corrected chi connectivity index (χ3v) is 3.73. The molecule has 0 aliphatic carbocycles. The molecular formula is C14H19F2NO. The van der Waals surface area contributed by atoms with Gasteiger partial charge in [0.25, 0.3) is 5.92 Å². The molecule has 18 heavy (non-hydrogen) atoms. The van der Waals surface area contributed by atoms with Crippen molar-refractivity contribution in [1.82, 2.24) is 4.90 Å². The van der Waals surface area contributed by atoms with Crippen LogP contribution in [0.25, 0.3) is 0 Å². The SMILES string of the molecule is C[C@H](c1ccccc1)N1CCC(F)(F)C[C@H]1CO. The highest BCUT2D eigenvalue weighted by Crippen LogP contribution is 2.35. The lowest BCUT2D eigenvalue weighted by Crippen LogP contribution is -2.49. The highest BCUT2D eigenvalue weighted by molar-refractivity contribution is 5.18. The van der Waals surface area contributed by atoms with Crippen molar-refractivity contribution in [2.75, 3.05) is 13.2 Å². The summed E-state index contributed by atoms with van der Waals surface area (Å²) in [5, 5.41) is 9.31. The van der Waals surface area contributed by atoms with Crippen LogP contribution in [0.1, 0.15) is 31.4 Å². The van der Waals surface area contributed by atoms with Gasteiger partial charge in [0, 0.05) is 31.5 Å². The summed E-state index contributed by atoms with van der Waals surface area (Å²) in [5.74, 6) is -2.64. The zero-order chi connectivity index (χ0) is 13.2. The van der Waals surface area contributed by atoms with Crippen LogP contribution in [0.4, 0.5) is 8.78 Å². The lowest BCUT2D eigenvalue weighted by Gasteiger charge is -2.42. The van der Waals surface area contributed by atoms with Crippen molar-refractivity contribution in [3.05, 3.63) is 35.9 Å². The van der Waals surface area contributed by atoms with E-state index in [0.29, 0.717) is 6.54 Å². The Morgan fingerprint density at radius 3 is 2.67 bits per heavy atom. The van der Waals surface area contributed by atoms with E-state index in [2.05, 4.69) is 0 Å². The number of hydrogen-bond acceptors (Lipinski definition) is 2. The number of aliphatic hydroxyl groups excluding tert-OH is 1. The zero-order valence-electron chi connectivity index (χ0n) is 10.5. The Hall–Kier alpha value is -1.00. The van der Waals surface area contributed by atoms with E-state index >= 15 is 0 Å². The maximum atomic E-state index is 13.3. The molecule has 0 unspecified atom stereocenters. The fourth-order valence-electron chi connectivity index (χ4n) is 2.64. The fraction of sp³-hybridized carbons (Fsp3) is 0.571. The van der Waals surface area contributed by atoms with Gasteiger partial charge in [-0.3, -0.25) is 4.90 Å². The molecule has 0 spiro atoms. The van der Waals surface area contributed by atoms with Crippen molar-refractivity contribution in [3.8, 4) is 0 Å². The Kier molecular flexibility index (Phi) is 3.97. The molecule has 0 radical (unpaired) electrons. The van der Waals surface area contributed by atoms with E-state index in [1.54, 1.807) is 0 Å². The van der Waals surface area contributed by atoms with Crippen LogP contribution in [0, 0.1) is 0 Å². The Bertz CT molecular complexity index is 383. The van der Waals surface area contributed by atoms with E-state index in [0.717, 1.165) is 5.56 Å². The lowest BCUT2D eigenvalue weighted by atomic mass is 9.95. The van der Waals surface area contributed by atoms with Gasteiger partial charge in [-0.1, -0.05) is 30.3 Å². The molecule has 2 rings (SSSR count). The number of piperidine rings is 1. The second kappa shape index (κ2) is 5.33. The van der Waals surface area contributed by atoms with Crippen LogP contribution < -0.4 is 0 Å². The molecule has 0 aromatic heterocycles. The first kappa shape index (κ1) is 13.4. The number of aliphatic hydroxyl groups is 1. The molecule has 0 bridgehead atoms. The normalized spacial score (nSPS) is 25.9. The second-order valence-corrected chi connectivity index (χ2v) is 4.97. The van der Waals surface area contributed by atoms with Gasteiger partial charge >= 0.3 is 0 Å². The Labute approximate surface area is 106 Å². The van der Waals surface area contributed by atoms with Gasteiger partial charge in [0.05, 0.1) is 6.61 Å². The van der Waals surface area contributed by atoms with Crippen molar-refractivity contribution < 1.29 is 13.9 Å². The van der Waals surface area contributed by atoms with Gasteiger partial charge < -0.3 is 5.11 Å². The average molecular weight is 255 g/mol. The van der Waals surface area contributed by atoms with Crippen LogP contribution in [-0.4, -0.2) is 35.1 Å². The van der Waals surface area contributed by atoms with Gasteiger partial charge in [-0.25, -0.2) is 8.78 Å². The summed E-state index contributed by atoms with van der Waals surface area (Å²) in [6.07, 6.45) is -0.374. The van der Waals surface area contributed by atoms with Crippen LogP contribution in [0.15, 0.2) is 30.3 Å². The van der Waals surface area contributed by atoms with Crippen molar-refractivity contribution in [3.63, 3.8) is 0 Å². The highest BCUT2D eigenvalue weighted by atomic mass is 19.3. The maximum Gasteiger partial charge on any atom is 0.250 e. The van der Waals surface area contributed by atoms with E-state index < -0.39 is 12.0 Å². The summed E-state index contributed by atoms with van der Waals surface area (Å²) in [6.45, 7) is 2.11. The number of nitrogens with zero attached hydrogens (tertiary/aromatic N) is 1. The third-order valence-electron chi connectivity index (χ3n) is 3.73. The minimum Gasteiger partial charge on any atom is -0.395 e. The number of alkyl halides is 2. The maximum absolute atomic E-state index is 13.3. The predicted molar refractivity (Wildman–Crippen MR) is 66.6 cm³/mol. The molecule has 100 valence electrons. The van der Waals surface area contributed by atoms with Crippen LogP contribution in [-0.2, 0) is 0 Å². The van der Waals surface area contributed by atoms with Gasteiger partial charge in [-0.2, -0.15) is 0 Å². The first-order valence-electron chi connectivity index (χ1n) is 6.33. The van der Waals surface area contributed by atoms with E-state index in [4.69, 9.17) is 0 Å². The van der Waals surface area contributed by atoms with Crippen molar-refractivity contribution in [2.24, 2.45) is 0 Å². The molecule has 1 aromatic rings. The monoisotopic (exact) mass is 255 g/mol. The zero-order valence-corrected chi connectivity index (χ0v) is 10.5. The summed E-state index contributed by atoms with van der Waals surface area (Å²) >= 11 is 0. The molecule has 1 N–H and O–H groups in total. The molecule has 1 aliphatic rings. The van der Waals surface area contributed by atoms with Crippen molar-refractivity contribution in [2.45, 2.75) is 37.8 Å². The second-order valence-electron chi connectivity index (χ2n) is 4.97. The molecule has 0 saturated carbocycles. The van der Waals surface area contributed by atoms with Gasteiger partial charge in [0.2, 0.25) is 0 Å². The van der Waals surface area contributed by atoms with Crippen molar-refractivity contribution >= 4 is 0 Å². The number of benzene rings is 1. The molecule has 1 saturated heterocycles. The standard InChI is InChI=1S/C14H19F2NO/c1-11(12-5-3-2-4-6-12)17-8-7-14(15,16)9-13(17)10-18/h2-6,11,13,18H,7-10H2,1H3/t11-,13+/m1/s1. The van der Waals surface area contributed by atoms with E-state index in [1.165, 1.54) is 0 Å². The molecule has 0 amide bonds. The van der Waals surface area contributed by atoms with E-state index in [9.17, 15) is 13.9 Å². The number of hydrogen-bond donors (Lipinski definition) is 1. The summed E-state index contributed by atoms with van der Waals surface area (Å²) in [5.41, 5.74) is 1.10. The number of likely N-dealkylation sites (tertiary alicyclic amines) is 1. The van der Waals surface area contributed by atoms with Crippen molar-refractivity contribution in [1.29, 1.82) is 0 Å². The van der Waals surface area contributed by atoms with E-state index in [1.807, 2.05) is 42.2 Å². The van der Waals surface area contributed by atoms with E-state index in [-0.39, 0.29) is 25.5 Å². The number of rotatable bonds is 3. The highest BCUT2D eigenvalue weighted by Gasteiger charge is 2.41. The molecule has 1 aliphatic heterocycles. The molecule has 1 fully saturated rings. The molecule has 2 atom stereocenters. The first-order valence-corrected chi connectivity index (χ1v) is 6.33. The minimum atomic E-state index is -2.64. The molecule has 1 aromatic carbocycles. The van der Waals surface area contributed by atoms with Crippen LogP contribution >= 0.6 is 0 Å². The Morgan fingerprint density at radius 2 is 2.06 bits per heavy atom. The van der Waals surface area contributed by atoms with Crippen LogP contribution in [0.3, 0.4) is 0 Å². The predicted octanol–water partition coefficient (Wildman–Crippen LogP) is 2.84. The largest absolute Gasteiger partial charge is 0.395 e. The molecule has 1 heterocycles. The quantitative estimate of drug-likeness (QED) is 0.897. The summed E-state index contributed by atoms with van der Waals surface area (Å²) < 4.78 is 26.7. The molecule has 4 heteroatoms. The van der Waals surface area contributed by atoms with Gasteiger partial charge in [0.15, 0.2) is 0 Å². The molecular weight excluding hydrogens is 236 g/mol. The first-order chi connectivity index (χ1) is 8.53. The van der Waals surface area contributed by atoms with Crippen LogP contribution in [0.2, 0.25) is 0 Å². The Balaban J connectivity index is 2.13. The van der Waals surface area contributed by atoms with Gasteiger partial charge in [-0.15, -0.1) is 0 Å². The van der Waals surface area contributed by atoms with Crippen LogP contribution in [0.5, 0.6) is 0 Å². The smallest absolute Gasteiger partial charge is 0.250 e. The summed E-state index contributed by atoms with van der Waals surface area (Å²) in [6, 6.07) is 9.40. The summed E-state index contributed by atoms with van der Waals surface area (Å²) in [7, 11) is 0. The Morgan fingerprint density at radius 1 is 1.39 bits per heavy atom. The molecule has 2 nitrogen and oxygen atoms in total. The fourth-order valence-corrected chi connectivity index (χ4v) is 2.64. The topological polar surface area (TPSA) is 23.5 Å². The third kappa shape index (κ3) is 2.87. The lowest BCUT2D eigenvalue weighted by molar-refractivity contribution is -0.0964. The average Bonchev–Trinajstić information content (AvgIpc) is 2.38. The van der Waals surface area contributed by atoms with Gasteiger partial charge in [0.1, 0.15) is 0 Å².